The highest BCUT2D eigenvalue weighted by Gasteiger charge is 2.33. The Balaban J connectivity index is 1.63. The molecule has 0 radical (unpaired) electrons. The number of rotatable bonds is 5. The second kappa shape index (κ2) is 9.06. The molecule has 7 heteroatoms. The SMILES string of the molecule is CCc1ccccc1S(=O)(=O)N1Cc2cc(CN3CCOCC3)ccc2OCC1C. The summed E-state index contributed by atoms with van der Waals surface area (Å²) >= 11 is 0. The Morgan fingerprint density at radius 3 is 2.63 bits per heavy atom. The maximum atomic E-state index is 13.6. The molecular weight excluding hydrogens is 400 g/mol. The number of fused-ring (bicyclic) bond motifs is 1. The van der Waals surface area contributed by atoms with Crippen LogP contribution in [0.1, 0.15) is 30.5 Å². The molecule has 0 aliphatic carbocycles. The van der Waals surface area contributed by atoms with Gasteiger partial charge in [-0.05, 0) is 42.7 Å². The van der Waals surface area contributed by atoms with Crippen LogP contribution >= 0.6 is 0 Å². The van der Waals surface area contributed by atoms with Gasteiger partial charge in [-0.15, -0.1) is 0 Å². The van der Waals surface area contributed by atoms with E-state index in [0.717, 1.165) is 49.7 Å². The lowest BCUT2D eigenvalue weighted by molar-refractivity contribution is 0.0342. The number of aryl methyl sites for hydroxylation is 1. The Morgan fingerprint density at radius 1 is 1.10 bits per heavy atom. The summed E-state index contributed by atoms with van der Waals surface area (Å²) in [5.74, 6) is 0.772. The van der Waals surface area contributed by atoms with Crippen LogP contribution in [-0.4, -0.2) is 56.6 Å². The highest BCUT2D eigenvalue weighted by atomic mass is 32.2. The molecule has 2 heterocycles. The highest BCUT2D eigenvalue weighted by molar-refractivity contribution is 7.89. The molecule has 6 nitrogen and oxygen atoms in total. The van der Waals surface area contributed by atoms with Crippen LogP contribution < -0.4 is 4.74 Å². The molecule has 0 spiro atoms. The Bertz CT molecular complexity index is 986. The van der Waals surface area contributed by atoms with Crippen molar-refractivity contribution in [3.05, 3.63) is 59.2 Å². The molecule has 1 unspecified atom stereocenters. The van der Waals surface area contributed by atoms with Crippen molar-refractivity contribution >= 4 is 10.0 Å². The molecule has 162 valence electrons. The average molecular weight is 431 g/mol. The Morgan fingerprint density at radius 2 is 1.87 bits per heavy atom. The normalized spacial score (nSPS) is 20.9. The van der Waals surface area contributed by atoms with E-state index in [1.54, 1.807) is 16.4 Å². The number of morpholine rings is 1. The number of ether oxygens (including phenoxy) is 2. The quantitative estimate of drug-likeness (QED) is 0.730. The largest absolute Gasteiger partial charge is 0.492 e. The molecular formula is C23H30N2O4S. The summed E-state index contributed by atoms with van der Waals surface area (Å²) in [4.78, 5) is 2.75. The Hall–Kier alpha value is -1.93. The molecule has 1 atom stereocenters. The minimum Gasteiger partial charge on any atom is -0.492 e. The number of hydrogen-bond donors (Lipinski definition) is 0. The smallest absolute Gasteiger partial charge is 0.244 e. The van der Waals surface area contributed by atoms with Crippen molar-refractivity contribution in [3.8, 4) is 5.75 Å². The van der Waals surface area contributed by atoms with Gasteiger partial charge in [-0.1, -0.05) is 31.2 Å². The second-order valence-electron chi connectivity index (χ2n) is 8.00. The van der Waals surface area contributed by atoms with Crippen molar-refractivity contribution in [1.29, 1.82) is 0 Å². The number of sulfonamides is 1. The van der Waals surface area contributed by atoms with Crippen LogP contribution in [0.3, 0.4) is 0 Å². The fourth-order valence-corrected chi connectivity index (χ4v) is 6.02. The number of nitrogens with zero attached hydrogens (tertiary/aromatic N) is 2. The molecule has 2 aliphatic rings. The van der Waals surface area contributed by atoms with Crippen LogP contribution in [0.25, 0.3) is 0 Å². The first-order valence-electron chi connectivity index (χ1n) is 10.6. The zero-order valence-electron chi connectivity index (χ0n) is 17.7. The predicted octanol–water partition coefficient (Wildman–Crippen LogP) is 3.05. The molecule has 0 bridgehead atoms. The van der Waals surface area contributed by atoms with Crippen LogP contribution in [0.5, 0.6) is 5.75 Å². The van der Waals surface area contributed by atoms with Crippen LogP contribution in [0.4, 0.5) is 0 Å². The summed E-state index contributed by atoms with van der Waals surface area (Å²) in [5, 5.41) is 0. The fraction of sp³-hybridized carbons (Fsp3) is 0.478. The van der Waals surface area contributed by atoms with Gasteiger partial charge in [-0.25, -0.2) is 8.42 Å². The summed E-state index contributed by atoms with van der Waals surface area (Å²) in [6.07, 6.45) is 0.675. The summed E-state index contributed by atoms with van der Waals surface area (Å²) in [6, 6.07) is 13.2. The van der Waals surface area contributed by atoms with Crippen molar-refractivity contribution in [3.63, 3.8) is 0 Å². The zero-order chi connectivity index (χ0) is 21.1. The molecule has 0 saturated carbocycles. The summed E-state index contributed by atoms with van der Waals surface area (Å²) in [7, 11) is -3.63. The van der Waals surface area contributed by atoms with Gasteiger partial charge in [0.05, 0.1) is 24.2 Å². The van der Waals surface area contributed by atoms with E-state index in [9.17, 15) is 8.42 Å². The Labute approximate surface area is 179 Å². The van der Waals surface area contributed by atoms with Gasteiger partial charge in [0.15, 0.2) is 0 Å². The maximum Gasteiger partial charge on any atom is 0.244 e. The maximum absolute atomic E-state index is 13.6. The van der Waals surface area contributed by atoms with Crippen molar-refractivity contribution in [1.82, 2.24) is 9.21 Å². The summed E-state index contributed by atoms with van der Waals surface area (Å²) in [5.41, 5.74) is 2.93. The van der Waals surface area contributed by atoms with Gasteiger partial charge >= 0.3 is 0 Å². The first-order valence-corrected chi connectivity index (χ1v) is 12.1. The molecule has 0 N–H and O–H groups in total. The van der Waals surface area contributed by atoms with Crippen molar-refractivity contribution in [2.45, 2.75) is 44.3 Å². The lowest BCUT2D eigenvalue weighted by Crippen LogP contribution is -2.40. The van der Waals surface area contributed by atoms with Gasteiger partial charge in [0.2, 0.25) is 10.0 Å². The Kier molecular flexibility index (Phi) is 6.43. The molecule has 2 aliphatic heterocycles. The molecule has 0 aromatic heterocycles. The van der Waals surface area contributed by atoms with Crippen LogP contribution in [0, 0.1) is 0 Å². The third kappa shape index (κ3) is 4.39. The van der Waals surface area contributed by atoms with Crippen LogP contribution in [0.15, 0.2) is 47.4 Å². The van der Waals surface area contributed by atoms with Gasteiger partial charge in [0.25, 0.3) is 0 Å². The molecule has 2 aromatic rings. The minimum absolute atomic E-state index is 0.255. The molecule has 2 aromatic carbocycles. The molecule has 4 rings (SSSR count). The van der Waals surface area contributed by atoms with E-state index < -0.39 is 10.0 Å². The van der Waals surface area contributed by atoms with Gasteiger partial charge in [-0.3, -0.25) is 4.90 Å². The predicted molar refractivity (Wildman–Crippen MR) is 116 cm³/mol. The molecule has 1 fully saturated rings. The lowest BCUT2D eigenvalue weighted by atomic mass is 10.1. The first kappa shape index (κ1) is 21.3. The second-order valence-corrected chi connectivity index (χ2v) is 9.86. The van der Waals surface area contributed by atoms with Crippen molar-refractivity contribution in [2.75, 3.05) is 32.9 Å². The van der Waals surface area contributed by atoms with Crippen LogP contribution in [-0.2, 0) is 34.3 Å². The van der Waals surface area contributed by atoms with E-state index >= 15 is 0 Å². The van der Waals surface area contributed by atoms with E-state index in [0.29, 0.717) is 24.5 Å². The van der Waals surface area contributed by atoms with Crippen molar-refractivity contribution in [2.24, 2.45) is 0 Å². The topological polar surface area (TPSA) is 59.1 Å². The lowest BCUT2D eigenvalue weighted by Gasteiger charge is -2.27. The average Bonchev–Trinajstić information content (AvgIpc) is 2.93. The van der Waals surface area contributed by atoms with E-state index in [1.807, 2.05) is 32.0 Å². The molecule has 30 heavy (non-hydrogen) atoms. The third-order valence-corrected chi connectivity index (χ3v) is 7.93. The monoisotopic (exact) mass is 430 g/mol. The fourth-order valence-electron chi connectivity index (χ4n) is 4.13. The third-order valence-electron chi connectivity index (χ3n) is 5.87. The van der Waals surface area contributed by atoms with Crippen LogP contribution in [0.2, 0.25) is 0 Å². The van der Waals surface area contributed by atoms with Gasteiger partial charge in [-0.2, -0.15) is 4.31 Å². The molecule has 1 saturated heterocycles. The zero-order valence-corrected chi connectivity index (χ0v) is 18.5. The molecule has 0 amide bonds. The standard InChI is InChI=1S/C23H30N2O4S/c1-3-20-6-4-5-7-23(20)30(26,27)25-16-21-14-19(15-24-10-12-28-13-11-24)8-9-22(21)29-17-18(25)2/h4-9,14,18H,3,10-13,15-17H2,1-2H3. The van der Waals surface area contributed by atoms with E-state index in [1.165, 1.54) is 5.56 Å². The minimum atomic E-state index is -3.63. The van der Waals surface area contributed by atoms with E-state index in [4.69, 9.17) is 9.47 Å². The highest BCUT2D eigenvalue weighted by Crippen LogP contribution is 2.31. The number of benzene rings is 2. The first-order chi connectivity index (χ1) is 14.5. The van der Waals surface area contributed by atoms with E-state index in [2.05, 4.69) is 17.0 Å². The summed E-state index contributed by atoms with van der Waals surface area (Å²) < 4.78 is 40.2. The van der Waals surface area contributed by atoms with Crippen molar-refractivity contribution < 1.29 is 17.9 Å². The van der Waals surface area contributed by atoms with E-state index in [-0.39, 0.29) is 6.04 Å². The number of hydrogen-bond acceptors (Lipinski definition) is 5. The van der Waals surface area contributed by atoms with Gasteiger partial charge < -0.3 is 9.47 Å². The van der Waals surface area contributed by atoms with Gasteiger partial charge in [0, 0.05) is 31.7 Å². The van der Waals surface area contributed by atoms with Gasteiger partial charge in [0.1, 0.15) is 12.4 Å². The summed E-state index contributed by atoms with van der Waals surface area (Å²) in [6.45, 7) is 8.72.